The van der Waals surface area contributed by atoms with E-state index >= 15 is 0 Å². The number of likely N-dealkylation sites (N-methyl/N-ethyl adjacent to an activating group) is 1. The van der Waals surface area contributed by atoms with Gasteiger partial charge < -0.3 is 25.0 Å². The minimum Gasteiger partial charge on any atom is -0.475 e. The van der Waals surface area contributed by atoms with E-state index in [0.717, 1.165) is 26.2 Å². The molecule has 3 heterocycles. The average molecular weight is 515 g/mol. The SMILES string of the molecule is CC#CCn1c(N2CCNCC2)nc2nc(N(C)CC(=O)OCC)n(C)c(=O)c21.O=C(O)C(F)(F)F. The smallest absolute Gasteiger partial charge is 0.475 e. The predicted octanol–water partition coefficient (Wildman–Crippen LogP) is 0.196. The number of nitrogens with zero attached hydrogens (tertiary/aromatic N) is 6. The van der Waals surface area contributed by atoms with Gasteiger partial charge in [-0.2, -0.15) is 23.1 Å². The number of carboxylic acids is 1. The Bertz CT molecular complexity index is 1210. The molecule has 1 aliphatic heterocycles. The molecule has 0 radical (unpaired) electrons. The third-order valence-electron chi connectivity index (χ3n) is 5.01. The summed E-state index contributed by atoms with van der Waals surface area (Å²) in [5.41, 5.74) is 0.537. The number of carboxylic acid groups (broad SMARTS) is 1. The van der Waals surface area contributed by atoms with Crippen molar-refractivity contribution in [1.29, 1.82) is 0 Å². The molecule has 0 spiro atoms. The number of carbonyl (C=O) groups excluding carboxylic acids is 1. The number of hydrogen-bond donors (Lipinski definition) is 2. The van der Waals surface area contributed by atoms with Crippen molar-refractivity contribution < 1.29 is 32.6 Å². The van der Waals surface area contributed by atoms with E-state index < -0.39 is 12.1 Å². The summed E-state index contributed by atoms with van der Waals surface area (Å²) in [5, 5.41) is 10.4. The van der Waals surface area contributed by atoms with Gasteiger partial charge in [-0.05, 0) is 13.8 Å². The molecule has 1 fully saturated rings. The first-order chi connectivity index (χ1) is 16.9. The van der Waals surface area contributed by atoms with Crippen LogP contribution in [0.4, 0.5) is 25.1 Å². The summed E-state index contributed by atoms with van der Waals surface area (Å²) in [4.78, 5) is 46.9. The molecule has 0 unspecified atom stereocenters. The molecule has 0 aromatic carbocycles. The van der Waals surface area contributed by atoms with E-state index in [0.29, 0.717) is 36.2 Å². The Morgan fingerprint density at radius 3 is 2.39 bits per heavy atom. The molecule has 2 aromatic heterocycles. The molecule has 1 aliphatic rings. The van der Waals surface area contributed by atoms with Gasteiger partial charge in [-0.15, -0.1) is 5.92 Å². The maximum absolute atomic E-state index is 13.2. The molecular formula is C21H28F3N7O5. The maximum Gasteiger partial charge on any atom is 0.490 e. The number of halogens is 3. The Balaban J connectivity index is 0.000000572. The lowest BCUT2D eigenvalue weighted by atomic mass is 10.4. The van der Waals surface area contributed by atoms with Crippen molar-refractivity contribution in [2.24, 2.45) is 7.05 Å². The minimum absolute atomic E-state index is 0.00764. The molecule has 2 N–H and O–H groups in total. The minimum atomic E-state index is -5.08. The van der Waals surface area contributed by atoms with E-state index in [1.165, 1.54) is 4.57 Å². The summed E-state index contributed by atoms with van der Waals surface area (Å²) < 4.78 is 40.0. The van der Waals surface area contributed by atoms with Crippen LogP contribution in [0, 0.1) is 11.8 Å². The summed E-state index contributed by atoms with van der Waals surface area (Å²) in [7, 11) is 3.33. The zero-order valence-corrected chi connectivity index (χ0v) is 20.3. The molecule has 0 bridgehead atoms. The fraction of sp³-hybridized carbons (Fsp3) is 0.571. The lowest BCUT2D eigenvalue weighted by Crippen LogP contribution is -2.44. The van der Waals surface area contributed by atoms with Crippen LogP contribution >= 0.6 is 0 Å². The Hall–Kier alpha value is -3.80. The Kier molecular flexibility index (Phi) is 9.68. The number of imidazole rings is 1. The largest absolute Gasteiger partial charge is 0.490 e. The van der Waals surface area contributed by atoms with Crippen LogP contribution in [0.1, 0.15) is 13.8 Å². The van der Waals surface area contributed by atoms with Gasteiger partial charge in [0.25, 0.3) is 5.56 Å². The molecule has 0 atom stereocenters. The number of piperazine rings is 1. The third-order valence-corrected chi connectivity index (χ3v) is 5.01. The normalized spacial score (nSPS) is 13.4. The summed E-state index contributed by atoms with van der Waals surface area (Å²) in [6.45, 7) is 7.45. The van der Waals surface area contributed by atoms with E-state index in [4.69, 9.17) is 14.6 Å². The first kappa shape index (κ1) is 28.4. The quantitative estimate of drug-likeness (QED) is 0.406. The molecule has 0 aliphatic carbocycles. The second-order valence-corrected chi connectivity index (χ2v) is 7.57. The zero-order chi connectivity index (χ0) is 27.0. The first-order valence-corrected chi connectivity index (χ1v) is 10.9. The highest BCUT2D eigenvalue weighted by atomic mass is 19.4. The fourth-order valence-corrected chi connectivity index (χ4v) is 3.36. The van der Waals surface area contributed by atoms with E-state index in [1.54, 1.807) is 32.8 Å². The van der Waals surface area contributed by atoms with Gasteiger partial charge in [0.15, 0.2) is 11.2 Å². The molecule has 1 saturated heterocycles. The van der Waals surface area contributed by atoms with E-state index in [1.807, 2.05) is 4.57 Å². The van der Waals surface area contributed by atoms with Gasteiger partial charge >= 0.3 is 18.1 Å². The molecule has 2 aromatic rings. The van der Waals surface area contributed by atoms with Crippen LogP contribution in [0.2, 0.25) is 0 Å². The first-order valence-electron chi connectivity index (χ1n) is 10.9. The lowest BCUT2D eigenvalue weighted by molar-refractivity contribution is -0.192. The van der Waals surface area contributed by atoms with Crippen molar-refractivity contribution in [2.45, 2.75) is 26.6 Å². The van der Waals surface area contributed by atoms with Crippen molar-refractivity contribution in [2.75, 3.05) is 56.2 Å². The Labute approximate surface area is 204 Å². The van der Waals surface area contributed by atoms with Crippen LogP contribution < -0.4 is 20.7 Å². The van der Waals surface area contributed by atoms with Crippen LogP contribution in [0.15, 0.2) is 4.79 Å². The van der Waals surface area contributed by atoms with Crippen LogP contribution in [0.5, 0.6) is 0 Å². The van der Waals surface area contributed by atoms with Crippen molar-refractivity contribution in [1.82, 2.24) is 24.4 Å². The molecule has 0 amide bonds. The number of fused-ring (bicyclic) bond motifs is 1. The van der Waals surface area contributed by atoms with Crippen LogP contribution in [-0.4, -0.2) is 88.7 Å². The van der Waals surface area contributed by atoms with Crippen molar-refractivity contribution >= 4 is 35.0 Å². The van der Waals surface area contributed by atoms with Gasteiger partial charge in [-0.1, -0.05) is 5.92 Å². The average Bonchev–Trinajstić information content (AvgIpc) is 3.19. The van der Waals surface area contributed by atoms with Crippen LogP contribution in [-0.2, 0) is 27.9 Å². The maximum atomic E-state index is 13.2. The number of ether oxygens (including phenoxy) is 1. The van der Waals surface area contributed by atoms with Gasteiger partial charge in [0.1, 0.15) is 6.54 Å². The van der Waals surface area contributed by atoms with E-state index in [9.17, 15) is 22.8 Å². The number of anilines is 2. The van der Waals surface area contributed by atoms with Crippen LogP contribution in [0.3, 0.4) is 0 Å². The molecule has 3 rings (SSSR count). The van der Waals surface area contributed by atoms with Crippen LogP contribution in [0.25, 0.3) is 11.2 Å². The second kappa shape index (κ2) is 12.2. The monoisotopic (exact) mass is 515 g/mol. The zero-order valence-electron chi connectivity index (χ0n) is 20.3. The van der Waals surface area contributed by atoms with Gasteiger partial charge in [0, 0.05) is 40.3 Å². The summed E-state index contributed by atoms with van der Waals surface area (Å²) in [6.07, 6.45) is -5.08. The van der Waals surface area contributed by atoms with Crippen molar-refractivity contribution in [3.63, 3.8) is 0 Å². The number of aromatic nitrogens is 4. The van der Waals surface area contributed by atoms with Gasteiger partial charge in [0.2, 0.25) is 11.9 Å². The topological polar surface area (TPSA) is 135 Å². The number of carbonyl (C=O) groups is 2. The number of esters is 1. The highest BCUT2D eigenvalue weighted by Crippen LogP contribution is 2.21. The molecule has 36 heavy (non-hydrogen) atoms. The molecular weight excluding hydrogens is 487 g/mol. The Morgan fingerprint density at radius 2 is 1.86 bits per heavy atom. The summed E-state index contributed by atoms with van der Waals surface area (Å²) in [5.74, 6) is 3.82. The molecule has 12 nitrogen and oxygen atoms in total. The number of nitrogens with one attached hydrogen (secondary N) is 1. The summed E-state index contributed by atoms with van der Waals surface area (Å²) in [6, 6.07) is 0. The number of hydrogen-bond acceptors (Lipinski definition) is 9. The van der Waals surface area contributed by atoms with Gasteiger partial charge in [-0.3, -0.25) is 18.7 Å². The van der Waals surface area contributed by atoms with Gasteiger partial charge in [-0.25, -0.2) is 4.79 Å². The number of alkyl halides is 3. The third kappa shape index (κ3) is 6.87. The molecule has 0 saturated carbocycles. The molecule has 198 valence electrons. The molecule has 15 heteroatoms. The number of rotatable bonds is 6. The highest BCUT2D eigenvalue weighted by Gasteiger charge is 2.38. The second-order valence-electron chi connectivity index (χ2n) is 7.57. The van der Waals surface area contributed by atoms with Crippen molar-refractivity contribution in [3.05, 3.63) is 10.4 Å². The van der Waals surface area contributed by atoms with Crippen molar-refractivity contribution in [3.8, 4) is 11.8 Å². The lowest BCUT2D eigenvalue weighted by Gasteiger charge is -2.28. The Morgan fingerprint density at radius 1 is 1.25 bits per heavy atom. The van der Waals surface area contributed by atoms with Gasteiger partial charge in [0.05, 0.1) is 13.2 Å². The predicted molar refractivity (Wildman–Crippen MR) is 125 cm³/mol. The summed E-state index contributed by atoms with van der Waals surface area (Å²) >= 11 is 0. The standard InChI is InChI=1S/C19H27N7O3.C2HF3O2/c1-5-7-10-26-15-16(22-19(26)25-11-8-20-9-12-25)21-18(24(4)17(15)28)23(3)13-14(27)29-6-2;3-2(4,5)1(6)7/h20H,6,8-13H2,1-4H3;(H,6,7). The van der Waals surface area contributed by atoms with E-state index in [-0.39, 0.29) is 18.1 Å². The van der Waals surface area contributed by atoms with E-state index in [2.05, 4.69) is 32.0 Å². The number of aliphatic carboxylic acids is 1. The highest BCUT2D eigenvalue weighted by molar-refractivity contribution is 5.78. The fourth-order valence-electron chi connectivity index (χ4n) is 3.36.